The molecule has 45 heavy (non-hydrogen) atoms. The zero-order chi connectivity index (χ0) is 31.3. The quantitative estimate of drug-likeness (QED) is 0.329. The van der Waals surface area contributed by atoms with Crippen molar-refractivity contribution in [2.24, 2.45) is 0 Å². The summed E-state index contributed by atoms with van der Waals surface area (Å²) in [5.41, 5.74) is 2.53. The lowest BCUT2D eigenvalue weighted by Gasteiger charge is -2.39. The van der Waals surface area contributed by atoms with Crippen LogP contribution in [0.15, 0.2) is 66.9 Å². The number of ether oxygens (including phenoxy) is 2. The average molecular weight is 616 g/mol. The molecular weight excluding hydrogens is 573 g/mol. The van der Waals surface area contributed by atoms with Crippen LogP contribution in [-0.2, 0) is 11.3 Å². The first kappa shape index (κ1) is 31.0. The number of rotatable bonds is 9. The van der Waals surface area contributed by atoms with E-state index < -0.39 is 0 Å². The fourth-order valence-electron chi connectivity index (χ4n) is 6.65. The number of likely N-dealkylation sites (tertiary alicyclic amines) is 1. The molecule has 3 amide bonds. The molecule has 1 atom stereocenters. The summed E-state index contributed by atoms with van der Waals surface area (Å²) in [5.74, 6) is 0.718. The van der Waals surface area contributed by atoms with Crippen molar-refractivity contribution in [1.82, 2.24) is 25.0 Å². The lowest BCUT2D eigenvalue weighted by Crippen LogP contribution is -2.48. The summed E-state index contributed by atoms with van der Waals surface area (Å²) in [6, 6.07) is 17.9. The highest BCUT2D eigenvalue weighted by molar-refractivity contribution is 5.94. The van der Waals surface area contributed by atoms with Crippen LogP contribution in [0.5, 0.6) is 11.6 Å². The van der Waals surface area contributed by atoms with E-state index in [2.05, 4.69) is 15.2 Å². The SMILES string of the molecule is CC(C)NC(=O)c1ccc(Oc2ccc(CN3CCC(N4C(=O)N(C5CCOCC5)CC4c4cccc(F)c4)CC3)cn2)cc1. The minimum atomic E-state index is -0.270. The molecule has 3 aromatic rings. The average Bonchev–Trinajstić information content (AvgIpc) is 3.39. The van der Waals surface area contributed by atoms with Crippen LogP contribution in [0.4, 0.5) is 9.18 Å². The summed E-state index contributed by atoms with van der Waals surface area (Å²) in [4.78, 5) is 37.0. The van der Waals surface area contributed by atoms with Gasteiger partial charge in [-0.1, -0.05) is 18.2 Å². The first-order valence-corrected chi connectivity index (χ1v) is 16.0. The summed E-state index contributed by atoms with van der Waals surface area (Å²) < 4.78 is 25.7. The van der Waals surface area contributed by atoms with Crippen LogP contribution in [0.25, 0.3) is 0 Å². The zero-order valence-electron chi connectivity index (χ0n) is 26.0. The Kier molecular flexibility index (Phi) is 9.61. The van der Waals surface area contributed by atoms with E-state index in [1.165, 1.54) is 6.07 Å². The first-order valence-electron chi connectivity index (χ1n) is 16.0. The molecule has 2 aromatic carbocycles. The molecule has 1 unspecified atom stereocenters. The number of nitrogens with one attached hydrogen (secondary N) is 1. The van der Waals surface area contributed by atoms with Crippen LogP contribution in [0, 0.1) is 5.82 Å². The Balaban J connectivity index is 1.05. The summed E-state index contributed by atoms with van der Waals surface area (Å²) in [5, 5.41) is 2.88. The molecule has 0 saturated carbocycles. The predicted molar refractivity (Wildman–Crippen MR) is 169 cm³/mol. The summed E-state index contributed by atoms with van der Waals surface area (Å²) in [6.07, 6.45) is 5.24. The third-order valence-corrected chi connectivity index (χ3v) is 8.95. The fourth-order valence-corrected chi connectivity index (χ4v) is 6.65. The Morgan fingerprint density at radius 3 is 2.44 bits per heavy atom. The van der Waals surface area contributed by atoms with Crippen molar-refractivity contribution < 1.29 is 23.5 Å². The number of piperidine rings is 1. The van der Waals surface area contributed by atoms with Gasteiger partial charge in [0.2, 0.25) is 5.88 Å². The number of urea groups is 1. The number of benzene rings is 2. The largest absolute Gasteiger partial charge is 0.439 e. The number of halogens is 1. The fraction of sp³-hybridized carbons (Fsp3) is 0.457. The van der Waals surface area contributed by atoms with Crippen LogP contribution < -0.4 is 10.1 Å². The summed E-state index contributed by atoms with van der Waals surface area (Å²) in [6.45, 7) is 8.26. The number of hydrogen-bond donors (Lipinski definition) is 1. The van der Waals surface area contributed by atoms with Gasteiger partial charge in [0.15, 0.2) is 0 Å². The highest BCUT2D eigenvalue weighted by Gasteiger charge is 2.45. The van der Waals surface area contributed by atoms with Gasteiger partial charge in [-0.25, -0.2) is 14.2 Å². The molecule has 3 fully saturated rings. The topological polar surface area (TPSA) is 87.2 Å². The molecule has 9 nitrogen and oxygen atoms in total. The van der Waals surface area contributed by atoms with E-state index in [0.717, 1.165) is 56.4 Å². The van der Waals surface area contributed by atoms with E-state index in [9.17, 15) is 14.0 Å². The van der Waals surface area contributed by atoms with E-state index >= 15 is 0 Å². The lowest BCUT2D eigenvalue weighted by atomic mass is 9.98. The van der Waals surface area contributed by atoms with Crippen LogP contribution in [0.3, 0.4) is 0 Å². The van der Waals surface area contributed by atoms with Crippen molar-refractivity contribution >= 4 is 11.9 Å². The Hall–Kier alpha value is -4.02. The first-order chi connectivity index (χ1) is 21.8. The van der Waals surface area contributed by atoms with Gasteiger partial charge < -0.3 is 24.6 Å². The minimum absolute atomic E-state index is 0.0721. The molecular formula is C35H42FN5O4. The number of hydrogen-bond acceptors (Lipinski definition) is 6. The molecule has 0 radical (unpaired) electrons. The molecule has 0 bridgehead atoms. The Morgan fingerprint density at radius 2 is 1.78 bits per heavy atom. The van der Waals surface area contributed by atoms with Crippen molar-refractivity contribution in [2.75, 3.05) is 32.8 Å². The maximum Gasteiger partial charge on any atom is 0.321 e. The summed E-state index contributed by atoms with van der Waals surface area (Å²) >= 11 is 0. The molecule has 3 aliphatic heterocycles. The van der Waals surface area contributed by atoms with Crippen LogP contribution >= 0.6 is 0 Å². The van der Waals surface area contributed by atoms with Gasteiger partial charge in [0.1, 0.15) is 11.6 Å². The lowest BCUT2D eigenvalue weighted by molar-refractivity contribution is 0.0493. The number of nitrogens with zero attached hydrogens (tertiary/aromatic N) is 4. The minimum Gasteiger partial charge on any atom is -0.439 e. The normalized spacial score (nSPS) is 20.2. The number of carbonyl (C=O) groups excluding carboxylic acids is 2. The maximum atomic E-state index is 14.2. The van der Waals surface area contributed by atoms with Crippen LogP contribution in [0.1, 0.15) is 67.1 Å². The van der Waals surface area contributed by atoms with E-state index in [1.54, 1.807) is 36.4 Å². The van der Waals surface area contributed by atoms with E-state index in [0.29, 0.717) is 37.0 Å². The van der Waals surface area contributed by atoms with E-state index in [4.69, 9.17) is 9.47 Å². The van der Waals surface area contributed by atoms with Gasteiger partial charge in [-0.15, -0.1) is 0 Å². The molecule has 238 valence electrons. The molecule has 1 aromatic heterocycles. The van der Waals surface area contributed by atoms with Gasteiger partial charge in [0.25, 0.3) is 5.91 Å². The Bertz CT molecular complexity index is 1450. The van der Waals surface area contributed by atoms with Gasteiger partial charge in [0, 0.05) is 75.3 Å². The number of aromatic nitrogens is 1. The molecule has 3 saturated heterocycles. The predicted octanol–water partition coefficient (Wildman–Crippen LogP) is 5.77. The van der Waals surface area contributed by atoms with Crippen LogP contribution in [-0.4, -0.2) is 82.6 Å². The second-order valence-electron chi connectivity index (χ2n) is 12.5. The van der Waals surface area contributed by atoms with Gasteiger partial charge in [-0.05, 0) is 87.1 Å². The van der Waals surface area contributed by atoms with Gasteiger partial charge in [-0.2, -0.15) is 0 Å². The smallest absolute Gasteiger partial charge is 0.321 e. The van der Waals surface area contributed by atoms with Crippen LogP contribution in [0.2, 0.25) is 0 Å². The highest BCUT2D eigenvalue weighted by Crippen LogP contribution is 2.37. The number of amides is 3. The Morgan fingerprint density at radius 1 is 1.02 bits per heavy atom. The van der Waals surface area contributed by atoms with E-state index in [1.807, 2.05) is 48.0 Å². The maximum absolute atomic E-state index is 14.2. The highest BCUT2D eigenvalue weighted by atomic mass is 19.1. The van der Waals surface area contributed by atoms with Crippen molar-refractivity contribution in [3.8, 4) is 11.6 Å². The zero-order valence-corrected chi connectivity index (χ0v) is 26.0. The molecule has 6 rings (SSSR count). The third-order valence-electron chi connectivity index (χ3n) is 8.95. The second-order valence-corrected chi connectivity index (χ2v) is 12.5. The van der Waals surface area contributed by atoms with Crippen molar-refractivity contribution in [3.63, 3.8) is 0 Å². The van der Waals surface area contributed by atoms with Gasteiger partial charge in [0.05, 0.1) is 6.04 Å². The monoisotopic (exact) mass is 615 g/mol. The molecule has 10 heteroatoms. The van der Waals surface area contributed by atoms with Gasteiger partial charge >= 0.3 is 6.03 Å². The molecule has 0 aliphatic carbocycles. The standard InChI is InChI=1S/C35H42FN5O4/c1-24(2)38-34(42)26-7-9-31(10-8-26)45-33-11-6-25(21-37-33)22-39-16-12-30(13-17-39)41-32(27-4-3-5-28(36)20-27)23-40(35(41)43)29-14-18-44-19-15-29/h3-11,20-21,24,29-30,32H,12-19,22-23H2,1-2H3,(H,38,42). The molecule has 3 aliphatic rings. The van der Waals surface area contributed by atoms with Crippen molar-refractivity contribution in [3.05, 3.63) is 89.4 Å². The van der Waals surface area contributed by atoms with Crippen molar-refractivity contribution in [1.29, 1.82) is 0 Å². The van der Waals surface area contributed by atoms with Gasteiger partial charge in [-0.3, -0.25) is 9.69 Å². The van der Waals surface area contributed by atoms with E-state index in [-0.39, 0.29) is 41.9 Å². The van der Waals surface area contributed by atoms with Crippen molar-refractivity contribution in [2.45, 2.75) is 70.2 Å². The molecule has 1 N–H and O–H groups in total. The summed E-state index contributed by atoms with van der Waals surface area (Å²) in [7, 11) is 0. The molecule has 0 spiro atoms. The third kappa shape index (κ3) is 7.45. The second kappa shape index (κ2) is 14.0. The Labute approximate surface area is 264 Å². The number of pyridine rings is 1. The molecule has 4 heterocycles. The number of carbonyl (C=O) groups is 2.